The second-order valence-corrected chi connectivity index (χ2v) is 4.17. The van der Waals surface area contributed by atoms with Crippen LogP contribution in [0.5, 0.6) is 0 Å². The van der Waals surface area contributed by atoms with Crippen LogP contribution in [0.15, 0.2) is 18.2 Å². The molecule has 1 unspecified atom stereocenters. The van der Waals surface area contributed by atoms with Crippen LogP contribution in [0.4, 0.5) is 23.2 Å². The molecule has 0 bridgehead atoms. The van der Waals surface area contributed by atoms with Gasteiger partial charge in [0.25, 0.3) is 0 Å². The monoisotopic (exact) mass is 279 g/mol. The molecule has 1 aromatic rings. The fraction of sp³-hybridized carbons (Fsp3) is 0.417. The lowest BCUT2D eigenvalue weighted by atomic mass is 10.1. The molecule has 0 aliphatic rings. The minimum atomic E-state index is -4.55. The van der Waals surface area contributed by atoms with Crippen molar-refractivity contribution in [2.75, 3.05) is 5.32 Å². The highest BCUT2D eigenvalue weighted by molar-refractivity contribution is 5.66. The van der Waals surface area contributed by atoms with Crippen molar-refractivity contribution >= 4 is 11.7 Å². The van der Waals surface area contributed by atoms with Crippen LogP contribution in [0.3, 0.4) is 0 Å². The van der Waals surface area contributed by atoms with E-state index in [4.69, 9.17) is 5.11 Å². The van der Waals surface area contributed by atoms with Crippen LogP contribution in [0.2, 0.25) is 0 Å². The summed E-state index contributed by atoms with van der Waals surface area (Å²) in [7, 11) is 0. The van der Waals surface area contributed by atoms with Gasteiger partial charge in [-0.25, -0.2) is 4.39 Å². The zero-order chi connectivity index (χ0) is 14.6. The topological polar surface area (TPSA) is 49.3 Å². The average molecular weight is 279 g/mol. The second-order valence-electron chi connectivity index (χ2n) is 4.17. The lowest BCUT2D eigenvalue weighted by Crippen LogP contribution is -2.18. The number of hydrogen-bond donors (Lipinski definition) is 2. The van der Waals surface area contributed by atoms with E-state index in [0.717, 1.165) is 6.07 Å². The molecule has 1 aromatic carbocycles. The first kappa shape index (κ1) is 15.3. The lowest BCUT2D eigenvalue weighted by molar-refractivity contribution is -0.138. The molecule has 0 fully saturated rings. The maximum atomic E-state index is 13.4. The molecule has 0 heterocycles. The zero-order valence-electron chi connectivity index (χ0n) is 10.1. The molecule has 0 saturated heterocycles. The summed E-state index contributed by atoms with van der Waals surface area (Å²) in [6.07, 6.45) is -4.51. The van der Waals surface area contributed by atoms with Gasteiger partial charge in [0.1, 0.15) is 5.82 Å². The number of anilines is 1. The van der Waals surface area contributed by atoms with Crippen molar-refractivity contribution in [2.24, 2.45) is 0 Å². The van der Waals surface area contributed by atoms with Crippen LogP contribution in [-0.4, -0.2) is 17.1 Å². The van der Waals surface area contributed by atoms with Gasteiger partial charge in [-0.2, -0.15) is 13.2 Å². The minimum absolute atomic E-state index is 0.144. The highest BCUT2D eigenvalue weighted by Crippen LogP contribution is 2.32. The molecular weight excluding hydrogens is 266 g/mol. The van der Waals surface area contributed by atoms with Crippen LogP contribution in [0, 0.1) is 5.82 Å². The smallest absolute Gasteiger partial charge is 0.416 e. The number of nitrogens with one attached hydrogen (secondary N) is 1. The molecule has 0 spiro atoms. The van der Waals surface area contributed by atoms with Crippen LogP contribution in [0.1, 0.15) is 25.3 Å². The van der Waals surface area contributed by atoms with E-state index in [2.05, 4.69) is 5.32 Å². The summed E-state index contributed by atoms with van der Waals surface area (Å²) < 4.78 is 50.8. The molecule has 0 aromatic heterocycles. The molecule has 0 aliphatic heterocycles. The molecule has 0 saturated carbocycles. The van der Waals surface area contributed by atoms with Crippen molar-refractivity contribution in [1.82, 2.24) is 0 Å². The SMILES string of the molecule is CC(CCC(=O)O)Nc1cc(C(F)(F)F)ccc1F. The van der Waals surface area contributed by atoms with Crippen LogP contribution >= 0.6 is 0 Å². The van der Waals surface area contributed by atoms with Crippen molar-refractivity contribution < 1.29 is 27.5 Å². The largest absolute Gasteiger partial charge is 0.481 e. The van der Waals surface area contributed by atoms with Gasteiger partial charge in [-0.3, -0.25) is 4.79 Å². The quantitative estimate of drug-likeness (QED) is 0.811. The average Bonchev–Trinajstić information content (AvgIpc) is 2.28. The Labute approximate surface area is 107 Å². The summed E-state index contributed by atoms with van der Waals surface area (Å²) in [5, 5.41) is 11.0. The molecule has 0 amide bonds. The van der Waals surface area contributed by atoms with E-state index in [1.54, 1.807) is 6.92 Å². The first-order chi connectivity index (χ1) is 8.70. The van der Waals surface area contributed by atoms with Crippen LogP contribution in [-0.2, 0) is 11.0 Å². The van der Waals surface area contributed by atoms with E-state index >= 15 is 0 Å². The van der Waals surface area contributed by atoms with Crippen molar-refractivity contribution in [3.8, 4) is 0 Å². The number of rotatable bonds is 5. The van der Waals surface area contributed by atoms with Gasteiger partial charge >= 0.3 is 12.1 Å². The van der Waals surface area contributed by atoms with Crippen molar-refractivity contribution in [3.05, 3.63) is 29.6 Å². The number of aliphatic carboxylic acids is 1. The van der Waals surface area contributed by atoms with E-state index in [0.29, 0.717) is 12.1 Å². The van der Waals surface area contributed by atoms with Gasteiger partial charge in [0.05, 0.1) is 11.3 Å². The Bertz CT molecular complexity index is 460. The summed E-state index contributed by atoms with van der Waals surface area (Å²) >= 11 is 0. The van der Waals surface area contributed by atoms with E-state index in [9.17, 15) is 22.4 Å². The molecular formula is C12H13F4NO2. The van der Waals surface area contributed by atoms with Gasteiger partial charge in [-0.15, -0.1) is 0 Å². The standard InChI is InChI=1S/C12H13F4NO2/c1-7(2-5-11(18)19)17-10-6-8(12(14,15)16)3-4-9(10)13/h3-4,6-7,17H,2,5H2,1H3,(H,18,19). The highest BCUT2D eigenvalue weighted by atomic mass is 19.4. The normalized spacial score (nSPS) is 13.1. The lowest BCUT2D eigenvalue weighted by Gasteiger charge is -2.16. The van der Waals surface area contributed by atoms with Gasteiger partial charge in [0.15, 0.2) is 0 Å². The highest BCUT2D eigenvalue weighted by Gasteiger charge is 2.31. The minimum Gasteiger partial charge on any atom is -0.481 e. The maximum Gasteiger partial charge on any atom is 0.416 e. The van der Waals surface area contributed by atoms with Crippen LogP contribution in [0.25, 0.3) is 0 Å². The summed E-state index contributed by atoms with van der Waals surface area (Å²) in [4.78, 5) is 10.4. The Hall–Kier alpha value is -1.79. The number of hydrogen-bond acceptors (Lipinski definition) is 2. The molecule has 1 rings (SSSR count). The van der Waals surface area contributed by atoms with Crippen molar-refractivity contribution in [3.63, 3.8) is 0 Å². The predicted octanol–water partition coefficient (Wildman–Crippen LogP) is 3.51. The number of carboxylic acid groups (broad SMARTS) is 1. The summed E-state index contributed by atoms with van der Waals surface area (Å²) in [6.45, 7) is 1.57. The molecule has 19 heavy (non-hydrogen) atoms. The zero-order valence-corrected chi connectivity index (χ0v) is 10.1. The van der Waals surface area contributed by atoms with Gasteiger partial charge in [-0.1, -0.05) is 0 Å². The molecule has 106 valence electrons. The molecule has 1 atom stereocenters. The third-order valence-electron chi connectivity index (χ3n) is 2.49. The molecule has 2 N–H and O–H groups in total. The third kappa shape index (κ3) is 4.76. The molecule has 7 heteroatoms. The van der Waals surface area contributed by atoms with Gasteiger partial charge < -0.3 is 10.4 Å². The van der Waals surface area contributed by atoms with Gasteiger partial charge in [0, 0.05) is 12.5 Å². The number of halogens is 4. The van der Waals surface area contributed by atoms with Crippen molar-refractivity contribution in [1.29, 1.82) is 0 Å². The van der Waals surface area contributed by atoms with Crippen molar-refractivity contribution in [2.45, 2.75) is 32.0 Å². The predicted molar refractivity (Wildman–Crippen MR) is 61.4 cm³/mol. The Kier molecular flexibility index (Phi) is 4.74. The fourth-order valence-corrected chi connectivity index (χ4v) is 1.49. The number of carboxylic acids is 1. The number of carbonyl (C=O) groups is 1. The maximum absolute atomic E-state index is 13.4. The van der Waals surface area contributed by atoms with E-state index in [-0.39, 0.29) is 18.5 Å². The Morgan fingerprint density at radius 2 is 2.05 bits per heavy atom. The number of alkyl halides is 3. The Morgan fingerprint density at radius 3 is 2.58 bits per heavy atom. The fourth-order valence-electron chi connectivity index (χ4n) is 1.49. The van der Waals surface area contributed by atoms with E-state index < -0.39 is 29.6 Å². The summed E-state index contributed by atoms with van der Waals surface area (Å²) in [6, 6.07) is 1.61. The summed E-state index contributed by atoms with van der Waals surface area (Å²) in [5.74, 6) is -1.83. The van der Waals surface area contributed by atoms with E-state index in [1.165, 1.54) is 0 Å². The van der Waals surface area contributed by atoms with Gasteiger partial charge in [-0.05, 0) is 31.5 Å². The first-order valence-corrected chi connectivity index (χ1v) is 5.55. The van der Waals surface area contributed by atoms with Crippen LogP contribution < -0.4 is 5.32 Å². The Morgan fingerprint density at radius 1 is 1.42 bits per heavy atom. The molecule has 3 nitrogen and oxygen atoms in total. The third-order valence-corrected chi connectivity index (χ3v) is 2.49. The molecule has 0 radical (unpaired) electrons. The molecule has 0 aliphatic carbocycles. The van der Waals surface area contributed by atoms with Gasteiger partial charge in [0.2, 0.25) is 0 Å². The number of benzene rings is 1. The second kappa shape index (κ2) is 5.90. The summed E-state index contributed by atoms with van der Waals surface area (Å²) in [5.41, 5.74) is -1.24. The Balaban J connectivity index is 2.80. The van der Waals surface area contributed by atoms with E-state index in [1.807, 2.05) is 0 Å². The first-order valence-electron chi connectivity index (χ1n) is 5.55.